The number of nitrogens with one attached hydrogen (secondary N) is 2. The zero-order valence-corrected chi connectivity index (χ0v) is 22.5. The highest BCUT2D eigenvalue weighted by Gasteiger charge is 2.34. The summed E-state index contributed by atoms with van der Waals surface area (Å²) < 4.78 is 1.82. The van der Waals surface area contributed by atoms with E-state index in [2.05, 4.69) is 41.8 Å². The average molecular weight is 530 g/mol. The number of aromatic nitrogens is 3. The highest BCUT2D eigenvalue weighted by Crippen LogP contribution is 2.37. The van der Waals surface area contributed by atoms with Gasteiger partial charge in [-0.3, -0.25) is 4.79 Å². The zero-order chi connectivity index (χ0) is 25.9. The molecule has 1 aliphatic heterocycles. The van der Waals surface area contributed by atoms with E-state index in [1.165, 1.54) is 5.56 Å². The topological polar surface area (TPSA) is 71.8 Å². The standard InChI is InChI=1S/C29H28ClN5OS/c1-4-20-9-13-22(14-10-20)26-25(27(36)32-24-8-6-5-7-18(24)2)19(3)31-28-33-29(34-35(26)28)37-17-21-11-15-23(30)16-12-21/h5-16,26H,4,17H2,1-3H3,(H,32,36)(H,31,33,34). The van der Waals surface area contributed by atoms with Crippen LogP contribution in [0.15, 0.2) is 89.2 Å². The SMILES string of the molecule is CCc1ccc(C2C(C(=O)Nc3ccccc3C)=C(C)Nc3nc(SCc4ccc(Cl)cc4)nn32)cc1. The van der Waals surface area contributed by atoms with Gasteiger partial charge >= 0.3 is 0 Å². The number of rotatable bonds is 7. The molecule has 1 unspecified atom stereocenters. The van der Waals surface area contributed by atoms with Crippen LogP contribution < -0.4 is 10.6 Å². The quantitative estimate of drug-likeness (QED) is 0.252. The molecule has 2 N–H and O–H groups in total. The minimum Gasteiger partial charge on any atom is -0.328 e. The molecule has 3 aromatic carbocycles. The first-order valence-corrected chi connectivity index (χ1v) is 13.6. The second-order valence-corrected chi connectivity index (χ2v) is 10.4. The third-order valence-electron chi connectivity index (χ3n) is 6.46. The van der Waals surface area contributed by atoms with Crippen LogP contribution in [0.4, 0.5) is 11.6 Å². The molecule has 5 rings (SSSR count). The minimum atomic E-state index is -0.413. The number of carbonyl (C=O) groups excluding carboxylic acids is 1. The van der Waals surface area contributed by atoms with E-state index in [1.807, 2.05) is 67.1 Å². The van der Waals surface area contributed by atoms with Gasteiger partial charge in [-0.2, -0.15) is 4.98 Å². The number of carbonyl (C=O) groups is 1. The van der Waals surface area contributed by atoms with Gasteiger partial charge in [0.2, 0.25) is 11.1 Å². The molecule has 6 nitrogen and oxygen atoms in total. The number of fused-ring (bicyclic) bond motifs is 1. The number of allylic oxidation sites excluding steroid dienone is 1. The molecule has 8 heteroatoms. The number of hydrogen-bond donors (Lipinski definition) is 2. The fraction of sp³-hybridized carbons (Fsp3) is 0.207. The maximum atomic E-state index is 13.7. The number of para-hydroxylation sites is 1. The summed E-state index contributed by atoms with van der Waals surface area (Å²) in [6, 6.07) is 23.5. The molecule has 0 spiro atoms. The summed E-state index contributed by atoms with van der Waals surface area (Å²) in [6.07, 6.45) is 0.946. The highest BCUT2D eigenvalue weighted by molar-refractivity contribution is 7.98. The van der Waals surface area contributed by atoms with Crippen LogP contribution in [0.3, 0.4) is 0 Å². The lowest BCUT2D eigenvalue weighted by Crippen LogP contribution is -2.31. The summed E-state index contributed by atoms with van der Waals surface area (Å²) in [5.74, 6) is 1.16. The number of nitrogens with zero attached hydrogens (tertiary/aromatic N) is 3. The second kappa shape index (κ2) is 10.8. The molecule has 1 aromatic heterocycles. The molecule has 37 heavy (non-hydrogen) atoms. The van der Waals surface area contributed by atoms with Crippen molar-refractivity contribution in [1.29, 1.82) is 0 Å². The predicted molar refractivity (Wildman–Crippen MR) is 151 cm³/mol. The number of halogens is 1. The van der Waals surface area contributed by atoms with Crippen LogP contribution >= 0.6 is 23.4 Å². The van der Waals surface area contributed by atoms with E-state index < -0.39 is 6.04 Å². The van der Waals surface area contributed by atoms with E-state index in [1.54, 1.807) is 11.8 Å². The summed E-state index contributed by atoms with van der Waals surface area (Å²) in [4.78, 5) is 18.5. The van der Waals surface area contributed by atoms with Crippen LogP contribution in [0, 0.1) is 6.92 Å². The van der Waals surface area contributed by atoms with Crippen molar-refractivity contribution in [2.45, 2.75) is 44.1 Å². The van der Waals surface area contributed by atoms with Gasteiger partial charge in [0.1, 0.15) is 6.04 Å². The van der Waals surface area contributed by atoms with Crippen molar-refractivity contribution in [2.75, 3.05) is 10.6 Å². The molecule has 0 saturated carbocycles. The molecule has 0 saturated heterocycles. The van der Waals surface area contributed by atoms with Gasteiger partial charge < -0.3 is 10.6 Å². The Kier molecular flexibility index (Phi) is 7.35. The van der Waals surface area contributed by atoms with Crippen molar-refractivity contribution >= 4 is 40.9 Å². The Balaban J connectivity index is 1.49. The number of benzene rings is 3. The van der Waals surface area contributed by atoms with Gasteiger partial charge in [0, 0.05) is 22.2 Å². The van der Waals surface area contributed by atoms with Crippen molar-refractivity contribution < 1.29 is 4.79 Å². The lowest BCUT2D eigenvalue weighted by Gasteiger charge is -2.29. The molecule has 1 aliphatic rings. The Bertz CT molecular complexity index is 1460. The smallest absolute Gasteiger partial charge is 0.255 e. The molecular formula is C29H28ClN5OS. The van der Waals surface area contributed by atoms with Crippen molar-refractivity contribution in [3.05, 3.63) is 111 Å². The van der Waals surface area contributed by atoms with Gasteiger partial charge in [-0.05, 0) is 60.7 Å². The second-order valence-electron chi connectivity index (χ2n) is 9.01. The number of amides is 1. The maximum Gasteiger partial charge on any atom is 0.255 e. The van der Waals surface area contributed by atoms with Crippen LogP contribution in [0.1, 0.15) is 42.1 Å². The highest BCUT2D eigenvalue weighted by atomic mass is 35.5. The average Bonchev–Trinajstić information content (AvgIpc) is 3.31. The first-order chi connectivity index (χ1) is 17.9. The number of thioether (sulfide) groups is 1. The Hall–Kier alpha value is -3.55. The van der Waals surface area contributed by atoms with E-state index >= 15 is 0 Å². The van der Waals surface area contributed by atoms with Gasteiger partial charge in [-0.1, -0.05) is 84.9 Å². The van der Waals surface area contributed by atoms with Gasteiger partial charge in [0.05, 0.1) is 5.57 Å². The van der Waals surface area contributed by atoms with Gasteiger partial charge in [0.25, 0.3) is 5.91 Å². The van der Waals surface area contributed by atoms with E-state index in [-0.39, 0.29) is 5.91 Å². The van der Waals surface area contributed by atoms with Crippen molar-refractivity contribution in [3.63, 3.8) is 0 Å². The van der Waals surface area contributed by atoms with Crippen LogP contribution in [-0.4, -0.2) is 20.7 Å². The van der Waals surface area contributed by atoms with Gasteiger partial charge in [-0.25, -0.2) is 4.68 Å². The van der Waals surface area contributed by atoms with Crippen LogP contribution in [0.25, 0.3) is 0 Å². The monoisotopic (exact) mass is 529 g/mol. The Morgan fingerprint density at radius 3 is 2.43 bits per heavy atom. The number of aryl methyl sites for hydroxylation is 2. The lowest BCUT2D eigenvalue weighted by molar-refractivity contribution is -0.113. The van der Waals surface area contributed by atoms with Crippen molar-refractivity contribution in [3.8, 4) is 0 Å². The fourth-order valence-electron chi connectivity index (χ4n) is 4.36. The van der Waals surface area contributed by atoms with Crippen LogP contribution in [0.5, 0.6) is 0 Å². The van der Waals surface area contributed by atoms with Crippen molar-refractivity contribution in [1.82, 2.24) is 14.8 Å². The van der Waals surface area contributed by atoms with E-state index in [0.29, 0.717) is 27.5 Å². The molecule has 1 amide bonds. The summed E-state index contributed by atoms with van der Waals surface area (Å²) in [5, 5.41) is 12.6. The molecule has 0 aliphatic carbocycles. The third-order valence-corrected chi connectivity index (χ3v) is 7.62. The molecule has 1 atom stereocenters. The van der Waals surface area contributed by atoms with Crippen LogP contribution in [-0.2, 0) is 17.0 Å². The summed E-state index contributed by atoms with van der Waals surface area (Å²) >= 11 is 7.57. The van der Waals surface area contributed by atoms with Crippen molar-refractivity contribution in [2.24, 2.45) is 0 Å². The third kappa shape index (κ3) is 5.43. The Morgan fingerprint density at radius 1 is 1.03 bits per heavy atom. The molecule has 2 heterocycles. The molecule has 0 fully saturated rings. The Labute approximate surface area is 226 Å². The summed E-state index contributed by atoms with van der Waals surface area (Å²) in [5.41, 5.74) is 6.51. The summed E-state index contributed by atoms with van der Waals surface area (Å²) in [6.45, 7) is 6.03. The summed E-state index contributed by atoms with van der Waals surface area (Å²) in [7, 11) is 0. The largest absolute Gasteiger partial charge is 0.328 e. The molecular weight excluding hydrogens is 502 g/mol. The first kappa shape index (κ1) is 25.1. The van der Waals surface area contributed by atoms with E-state index in [4.69, 9.17) is 21.7 Å². The maximum absolute atomic E-state index is 13.7. The van der Waals surface area contributed by atoms with E-state index in [0.717, 1.165) is 34.5 Å². The zero-order valence-electron chi connectivity index (χ0n) is 21.0. The van der Waals surface area contributed by atoms with Gasteiger partial charge in [-0.15, -0.1) is 5.10 Å². The fourth-order valence-corrected chi connectivity index (χ4v) is 5.27. The van der Waals surface area contributed by atoms with Crippen LogP contribution in [0.2, 0.25) is 5.02 Å². The number of anilines is 2. The molecule has 0 radical (unpaired) electrons. The van der Waals surface area contributed by atoms with E-state index in [9.17, 15) is 4.79 Å². The minimum absolute atomic E-state index is 0.166. The van der Waals surface area contributed by atoms with Gasteiger partial charge in [0.15, 0.2) is 0 Å². The molecule has 188 valence electrons. The normalized spacial score (nSPS) is 14.8. The number of hydrogen-bond acceptors (Lipinski definition) is 5. The Morgan fingerprint density at radius 2 is 1.73 bits per heavy atom. The first-order valence-electron chi connectivity index (χ1n) is 12.2. The molecule has 4 aromatic rings. The lowest BCUT2D eigenvalue weighted by atomic mass is 9.94. The molecule has 0 bridgehead atoms. The predicted octanol–water partition coefficient (Wildman–Crippen LogP) is 7.02.